The van der Waals surface area contributed by atoms with Crippen molar-refractivity contribution in [2.45, 2.75) is 17.9 Å². The maximum absolute atomic E-state index is 14.0. The number of hydrogen-bond acceptors (Lipinski definition) is 4. The van der Waals surface area contributed by atoms with E-state index >= 15 is 0 Å². The van der Waals surface area contributed by atoms with Crippen molar-refractivity contribution < 1.29 is 22.5 Å². The Labute approximate surface area is 140 Å². The van der Waals surface area contributed by atoms with Crippen LogP contribution in [0.15, 0.2) is 23.1 Å². The molecule has 2 rings (SSSR count). The van der Waals surface area contributed by atoms with Gasteiger partial charge in [0, 0.05) is 0 Å². The summed E-state index contributed by atoms with van der Waals surface area (Å²) in [7, 11) is -1.74. The summed E-state index contributed by atoms with van der Waals surface area (Å²) in [5, 5.41) is 2.91. The molecule has 2 atom stereocenters. The molecule has 1 amide bonds. The Kier molecular flexibility index (Phi) is 6.00. The molecular weight excluding hydrogens is 346 g/mol. The molecule has 0 spiro atoms. The normalized spacial score (nSPS) is 18.7. The van der Waals surface area contributed by atoms with Crippen molar-refractivity contribution in [1.29, 1.82) is 0 Å². The van der Waals surface area contributed by atoms with Crippen LogP contribution in [0.5, 0.6) is 0 Å². The summed E-state index contributed by atoms with van der Waals surface area (Å²) in [4.78, 5) is 13.7. The molecule has 126 valence electrons. The fourth-order valence-corrected chi connectivity index (χ4v) is 3.06. The molecule has 1 aliphatic heterocycles. The molecule has 0 saturated carbocycles. The predicted molar refractivity (Wildman–Crippen MR) is 87.5 cm³/mol. The topological polar surface area (TPSA) is 58.6 Å². The zero-order valence-electron chi connectivity index (χ0n) is 12.4. The smallest absolute Gasteiger partial charge is 0.414 e. The Morgan fingerprint density at radius 1 is 1.57 bits per heavy atom. The van der Waals surface area contributed by atoms with Crippen LogP contribution < -0.4 is 10.2 Å². The average Bonchev–Trinajstić information content (AvgIpc) is 2.86. The fourth-order valence-electron chi connectivity index (χ4n) is 2.12. The van der Waals surface area contributed by atoms with Gasteiger partial charge in [-0.1, -0.05) is 12.2 Å². The number of nitrogens with one attached hydrogen (secondary N) is 1. The largest absolute Gasteiger partial charge is 0.442 e. The SMILES string of the molecule is CC(=S)NC[C@H]1CN(c2ccc(S(=O)CCF)c(F)c2)C(=O)O1. The zero-order chi connectivity index (χ0) is 17.0. The Bertz CT molecular complexity index is 642. The Morgan fingerprint density at radius 2 is 2.30 bits per heavy atom. The molecular formula is C14H16F2N2O3S2. The lowest BCUT2D eigenvalue weighted by molar-refractivity contribution is 0.143. The van der Waals surface area contributed by atoms with Gasteiger partial charge in [-0.3, -0.25) is 13.5 Å². The first-order chi connectivity index (χ1) is 10.9. The third-order valence-electron chi connectivity index (χ3n) is 3.19. The zero-order valence-corrected chi connectivity index (χ0v) is 14.0. The van der Waals surface area contributed by atoms with E-state index in [9.17, 15) is 17.8 Å². The summed E-state index contributed by atoms with van der Waals surface area (Å²) in [6.07, 6.45) is -0.986. The van der Waals surface area contributed by atoms with Gasteiger partial charge in [0.05, 0.1) is 45.2 Å². The molecule has 0 radical (unpaired) electrons. The number of alkyl halides is 1. The highest BCUT2D eigenvalue weighted by atomic mass is 32.2. The number of hydrogen-bond donors (Lipinski definition) is 1. The van der Waals surface area contributed by atoms with Crippen molar-refractivity contribution >= 4 is 39.8 Å². The number of nitrogens with zero attached hydrogens (tertiary/aromatic N) is 1. The summed E-state index contributed by atoms with van der Waals surface area (Å²) >= 11 is 4.89. The summed E-state index contributed by atoms with van der Waals surface area (Å²) < 4.78 is 43.1. The van der Waals surface area contributed by atoms with Gasteiger partial charge in [-0.15, -0.1) is 0 Å². The number of halogens is 2. The van der Waals surface area contributed by atoms with Gasteiger partial charge in [0.15, 0.2) is 0 Å². The number of ether oxygens (including phenoxy) is 1. The number of amides is 1. The number of cyclic esters (lactones) is 1. The standard InChI is InChI=1S/C14H16F2N2O3S2/c1-9(22)17-7-11-8-18(14(19)21-11)10-2-3-13(12(16)6-10)23(20)5-4-15/h2-3,6,11H,4-5,7-8H2,1H3,(H,17,22)/t11-,23?/m0/s1. The van der Waals surface area contributed by atoms with Gasteiger partial charge < -0.3 is 10.1 Å². The lowest BCUT2D eigenvalue weighted by Gasteiger charge is -2.14. The van der Waals surface area contributed by atoms with E-state index in [1.807, 2.05) is 0 Å². The number of benzene rings is 1. The van der Waals surface area contributed by atoms with Gasteiger partial charge in [-0.25, -0.2) is 9.18 Å². The third-order valence-corrected chi connectivity index (χ3v) is 4.68. The van der Waals surface area contributed by atoms with Crippen LogP contribution in [0.4, 0.5) is 19.3 Å². The molecule has 5 nitrogen and oxygen atoms in total. The van der Waals surface area contributed by atoms with Gasteiger partial charge in [-0.05, 0) is 25.1 Å². The Balaban J connectivity index is 2.10. The molecule has 1 aromatic carbocycles. The van der Waals surface area contributed by atoms with Gasteiger partial charge in [0.2, 0.25) is 0 Å². The van der Waals surface area contributed by atoms with Crippen molar-refractivity contribution in [3.8, 4) is 0 Å². The maximum atomic E-state index is 14.0. The van der Waals surface area contributed by atoms with E-state index in [1.165, 1.54) is 17.0 Å². The van der Waals surface area contributed by atoms with Crippen molar-refractivity contribution in [3.63, 3.8) is 0 Å². The van der Waals surface area contributed by atoms with E-state index in [2.05, 4.69) is 5.32 Å². The second-order valence-corrected chi connectivity index (χ2v) is 7.06. The van der Waals surface area contributed by atoms with Crippen LogP contribution >= 0.6 is 12.2 Å². The van der Waals surface area contributed by atoms with Gasteiger partial charge in [-0.2, -0.15) is 0 Å². The van der Waals surface area contributed by atoms with Crippen molar-refractivity contribution in [2.75, 3.05) is 30.4 Å². The molecule has 1 aliphatic rings. The number of anilines is 1. The molecule has 1 unspecified atom stereocenters. The van der Waals surface area contributed by atoms with E-state index in [1.54, 1.807) is 6.92 Å². The molecule has 0 aliphatic carbocycles. The highest BCUT2D eigenvalue weighted by Crippen LogP contribution is 2.25. The van der Waals surface area contributed by atoms with Crippen molar-refractivity contribution in [3.05, 3.63) is 24.0 Å². The minimum absolute atomic E-state index is 0.0755. The number of rotatable bonds is 6. The van der Waals surface area contributed by atoms with Crippen LogP contribution in [0.25, 0.3) is 0 Å². The Morgan fingerprint density at radius 3 is 2.91 bits per heavy atom. The molecule has 1 N–H and O–H groups in total. The first-order valence-electron chi connectivity index (χ1n) is 6.89. The highest BCUT2D eigenvalue weighted by Gasteiger charge is 2.32. The van der Waals surface area contributed by atoms with Gasteiger partial charge in [0.1, 0.15) is 18.6 Å². The second-order valence-electron chi connectivity index (χ2n) is 4.91. The Hall–Kier alpha value is -1.61. The lowest BCUT2D eigenvalue weighted by atomic mass is 10.2. The van der Waals surface area contributed by atoms with E-state index in [4.69, 9.17) is 17.0 Å². The van der Waals surface area contributed by atoms with Crippen molar-refractivity contribution in [2.24, 2.45) is 0 Å². The predicted octanol–water partition coefficient (Wildman–Crippen LogP) is 2.16. The van der Waals surface area contributed by atoms with Crippen molar-refractivity contribution in [1.82, 2.24) is 5.32 Å². The number of carbonyl (C=O) groups excluding carboxylic acids is 1. The molecule has 0 aromatic heterocycles. The first-order valence-corrected chi connectivity index (χ1v) is 8.61. The minimum Gasteiger partial charge on any atom is -0.442 e. The summed E-state index contributed by atoms with van der Waals surface area (Å²) in [5.41, 5.74) is 0.301. The monoisotopic (exact) mass is 362 g/mol. The van der Waals surface area contributed by atoms with Gasteiger partial charge in [0.25, 0.3) is 0 Å². The summed E-state index contributed by atoms with van der Waals surface area (Å²) in [6, 6.07) is 3.87. The second kappa shape index (κ2) is 7.78. The van der Waals surface area contributed by atoms with E-state index < -0.39 is 35.5 Å². The quantitative estimate of drug-likeness (QED) is 0.786. The maximum Gasteiger partial charge on any atom is 0.414 e. The first kappa shape index (κ1) is 17.7. The molecule has 23 heavy (non-hydrogen) atoms. The molecule has 9 heteroatoms. The van der Waals surface area contributed by atoms with E-state index in [-0.39, 0.29) is 17.2 Å². The number of thiocarbonyl (C=S) groups is 1. The molecule has 1 saturated heterocycles. The summed E-state index contributed by atoms with van der Waals surface area (Å²) in [6.45, 7) is 1.55. The molecule has 1 fully saturated rings. The van der Waals surface area contributed by atoms with E-state index in [0.717, 1.165) is 6.07 Å². The van der Waals surface area contributed by atoms with Gasteiger partial charge >= 0.3 is 6.09 Å². The fraction of sp³-hybridized carbons (Fsp3) is 0.429. The highest BCUT2D eigenvalue weighted by molar-refractivity contribution is 7.85. The summed E-state index contributed by atoms with van der Waals surface area (Å²) in [5.74, 6) is -0.995. The van der Waals surface area contributed by atoms with Crippen LogP contribution in [0.1, 0.15) is 6.92 Å². The van der Waals surface area contributed by atoms with Crippen LogP contribution in [0.3, 0.4) is 0 Å². The van der Waals surface area contributed by atoms with Crippen LogP contribution in [0, 0.1) is 5.82 Å². The van der Waals surface area contributed by atoms with E-state index in [0.29, 0.717) is 17.2 Å². The van der Waals surface area contributed by atoms with Crippen LogP contribution in [-0.2, 0) is 15.5 Å². The lowest BCUT2D eigenvalue weighted by Crippen LogP contribution is -2.32. The van der Waals surface area contributed by atoms with Crippen LogP contribution in [-0.4, -0.2) is 46.9 Å². The molecule has 1 aromatic rings. The molecule has 1 heterocycles. The third kappa shape index (κ3) is 4.44. The average molecular weight is 362 g/mol. The van der Waals surface area contributed by atoms with Crippen LogP contribution in [0.2, 0.25) is 0 Å². The minimum atomic E-state index is -1.74. The molecule has 0 bridgehead atoms. The number of carbonyl (C=O) groups is 1.